The summed E-state index contributed by atoms with van der Waals surface area (Å²) in [6.07, 6.45) is 2.74. The van der Waals surface area contributed by atoms with E-state index < -0.39 is 10.0 Å². The van der Waals surface area contributed by atoms with Gasteiger partial charge in [-0.05, 0) is 6.42 Å². The molecular formula is C12H18N4O2S3. The molecular weight excluding hydrogens is 328 g/mol. The number of hydrogen-bond donors (Lipinski definition) is 1. The number of imidazole rings is 1. The fraction of sp³-hybridized carbons (Fsp3) is 0.583. The molecule has 3 heterocycles. The first kappa shape index (κ1) is 15.1. The Kier molecular flexibility index (Phi) is 4.17. The van der Waals surface area contributed by atoms with Crippen molar-refractivity contribution in [3.8, 4) is 0 Å². The van der Waals surface area contributed by atoms with E-state index >= 15 is 0 Å². The molecule has 0 aliphatic carbocycles. The van der Waals surface area contributed by atoms with Crippen molar-refractivity contribution in [1.82, 2.24) is 13.7 Å². The maximum atomic E-state index is 13.0. The van der Waals surface area contributed by atoms with Crippen molar-refractivity contribution in [3.63, 3.8) is 0 Å². The summed E-state index contributed by atoms with van der Waals surface area (Å²) in [7, 11) is -1.84. The molecule has 116 valence electrons. The average Bonchev–Trinajstić information content (AvgIpc) is 3.06. The maximum absolute atomic E-state index is 13.0. The topological polar surface area (TPSA) is 66.7 Å². The quantitative estimate of drug-likeness (QED) is 0.917. The zero-order valence-electron chi connectivity index (χ0n) is 11.9. The fourth-order valence-electron chi connectivity index (χ4n) is 2.45. The van der Waals surface area contributed by atoms with E-state index in [9.17, 15) is 8.42 Å². The SMILES string of the molecule is CCC1CN(S(=O)(=O)c2c(NC)nc3sccn23)CCS1. The third kappa shape index (κ3) is 2.56. The predicted octanol–water partition coefficient (Wildman–Crippen LogP) is 1.95. The second-order valence-corrected chi connectivity index (χ2v) is 8.97. The number of rotatable bonds is 4. The number of fused-ring (bicyclic) bond motifs is 1. The Bertz CT molecular complexity index is 737. The second kappa shape index (κ2) is 5.79. The van der Waals surface area contributed by atoms with Gasteiger partial charge in [0.15, 0.2) is 15.8 Å². The highest BCUT2D eigenvalue weighted by atomic mass is 32.2. The minimum absolute atomic E-state index is 0.253. The zero-order valence-corrected chi connectivity index (χ0v) is 14.4. The van der Waals surface area contributed by atoms with E-state index in [0.29, 0.717) is 29.1 Å². The van der Waals surface area contributed by atoms with Crippen molar-refractivity contribution < 1.29 is 8.42 Å². The molecule has 1 N–H and O–H groups in total. The minimum atomic E-state index is -3.54. The molecule has 2 aromatic rings. The molecule has 0 spiro atoms. The number of thiazole rings is 1. The predicted molar refractivity (Wildman–Crippen MR) is 87.9 cm³/mol. The van der Waals surface area contributed by atoms with Gasteiger partial charge in [-0.2, -0.15) is 16.1 Å². The van der Waals surface area contributed by atoms with Crippen LogP contribution in [0.25, 0.3) is 4.96 Å². The van der Waals surface area contributed by atoms with Crippen LogP contribution in [0.2, 0.25) is 0 Å². The van der Waals surface area contributed by atoms with E-state index in [1.807, 2.05) is 17.1 Å². The molecule has 1 atom stereocenters. The first-order valence-corrected chi connectivity index (χ1v) is 10.2. The molecule has 1 saturated heterocycles. The Morgan fingerprint density at radius 2 is 2.33 bits per heavy atom. The Balaban J connectivity index is 2.05. The minimum Gasteiger partial charge on any atom is -0.371 e. The number of anilines is 1. The van der Waals surface area contributed by atoms with Crippen LogP contribution in [-0.4, -0.2) is 53.2 Å². The number of thioether (sulfide) groups is 1. The molecule has 0 radical (unpaired) electrons. The van der Waals surface area contributed by atoms with Crippen molar-refractivity contribution >= 4 is 43.9 Å². The summed E-state index contributed by atoms with van der Waals surface area (Å²) < 4.78 is 29.3. The van der Waals surface area contributed by atoms with Crippen LogP contribution in [0.15, 0.2) is 16.6 Å². The summed E-state index contributed by atoms with van der Waals surface area (Å²) >= 11 is 3.28. The molecule has 1 aliphatic heterocycles. The molecule has 9 heteroatoms. The van der Waals surface area contributed by atoms with Crippen molar-refractivity contribution in [2.24, 2.45) is 0 Å². The van der Waals surface area contributed by atoms with Gasteiger partial charge in [-0.25, -0.2) is 13.4 Å². The molecule has 0 amide bonds. The molecule has 21 heavy (non-hydrogen) atoms. The van der Waals surface area contributed by atoms with Crippen LogP contribution in [-0.2, 0) is 10.0 Å². The summed E-state index contributed by atoms with van der Waals surface area (Å²) in [4.78, 5) is 5.04. The Hall–Kier alpha value is -0.770. The van der Waals surface area contributed by atoms with Gasteiger partial charge in [0.05, 0.1) is 0 Å². The highest BCUT2D eigenvalue weighted by molar-refractivity contribution is 8.00. The Morgan fingerprint density at radius 1 is 1.52 bits per heavy atom. The second-order valence-electron chi connectivity index (χ2n) is 4.84. The standard InChI is InChI=1S/C12H18N4O2S3/c1-3-9-8-15(4-6-19-9)21(17,18)11-10(13-2)14-12-16(11)5-7-20-12/h5,7,9,13H,3-4,6,8H2,1-2H3. The third-order valence-corrected chi connectivity index (χ3v) is 7.62. The van der Waals surface area contributed by atoms with Gasteiger partial charge in [-0.1, -0.05) is 6.92 Å². The zero-order chi connectivity index (χ0) is 15.0. The summed E-state index contributed by atoms with van der Waals surface area (Å²) in [5.74, 6) is 1.27. The van der Waals surface area contributed by atoms with Crippen molar-refractivity contribution in [2.75, 3.05) is 31.2 Å². The molecule has 1 fully saturated rings. The maximum Gasteiger partial charge on any atom is 0.262 e. The molecule has 2 aromatic heterocycles. The van der Waals surface area contributed by atoms with Gasteiger partial charge in [0.2, 0.25) is 0 Å². The number of hydrogen-bond acceptors (Lipinski definition) is 6. The Morgan fingerprint density at radius 3 is 3.05 bits per heavy atom. The number of nitrogens with one attached hydrogen (secondary N) is 1. The third-order valence-electron chi connectivity index (χ3n) is 3.60. The van der Waals surface area contributed by atoms with E-state index in [1.54, 1.807) is 22.0 Å². The summed E-state index contributed by atoms with van der Waals surface area (Å²) in [6.45, 7) is 3.23. The smallest absolute Gasteiger partial charge is 0.262 e. The van der Waals surface area contributed by atoms with E-state index in [4.69, 9.17) is 0 Å². The number of sulfonamides is 1. The van der Waals surface area contributed by atoms with Gasteiger partial charge in [-0.15, -0.1) is 11.3 Å². The first-order valence-electron chi connectivity index (χ1n) is 6.83. The van der Waals surface area contributed by atoms with Crippen molar-refractivity contribution in [2.45, 2.75) is 23.6 Å². The van der Waals surface area contributed by atoms with Gasteiger partial charge in [-0.3, -0.25) is 4.40 Å². The lowest BCUT2D eigenvalue weighted by atomic mass is 10.3. The van der Waals surface area contributed by atoms with Gasteiger partial charge in [0.25, 0.3) is 10.0 Å². The van der Waals surface area contributed by atoms with Crippen LogP contribution < -0.4 is 5.32 Å². The molecule has 1 aliphatic rings. The van der Waals surface area contributed by atoms with Gasteiger partial charge >= 0.3 is 0 Å². The highest BCUT2D eigenvalue weighted by Crippen LogP contribution is 2.31. The van der Waals surface area contributed by atoms with E-state index in [-0.39, 0.29) is 5.03 Å². The average molecular weight is 347 g/mol. The van der Waals surface area contributed by atoms with Gasteiger partial charge in [0, 0.05) is 42.7 Å². The molecule has 3 rings (SSSR count). The van der Waals surface area contributed by atoms with Crippen molar-refractivity contribution in [3.05, 3.63) is 11.6 Å². The van der Waals surface area contributed by atoms with Crippen LogP contribution in [0, 0.1) is 0 Å². The van der Waals surface area contributed by atoms with E-state index in [2.05, 4.69) is 17.2 Å². The summed E-state index contributed by atoms with van der Waals surface area (Å²) in [5, 5.41) is 5.38. The summed E-state index contributed by atoms with van der Waals surface area (Å²) in [5.41, 5.74) is 0. The lowest BCUT2D eigenvalue weighted by molar-refractivity contribution is 0.414. The Labute approximate surface area is 132 Å². The fourth-order valence-corrected chi connectivity index (χ4v) is 6.36. The molecule has 1 unspecified atom stereocenters. The van der Waals surface area contributed by atoms with Crippen molar-refractivity contribution in [1.29, 1.82) is 0 Å². The molecule has 0 saturated carbocycles. The lowest BCUT2D eigenvalue weighted by Gasteiger charge is -2.30. The normalized spacial score (nSPS) is 21.0. The highest BCUT2D eigenvalue weighted by Gasteiger charge is 2.34. The van der Waals surface area contributed by atoms with Crippen LogP contribution in [0.1, 0.15) is 13.3 Å². The van der Waals surface area contributed by atoms with Crippen LogP contribution in [0.3, 0.4) is 0 Å². The van der Waals surface area contributed by atoms with Crippen LogP contribution >= 0.6 is 23.1 Å². The molecule has 6 nitrogen and oxygen atoms in total. The summed E-state index contributed by atoms with van der Waals surface area (Å²) in [6, 6.07) is 0. The number of nitrogens with zero attached hydrogens (tertiary/aromatic N) is 3. The molecule has 0 aromatic carbocycles. The number of aromatic nitrogens is 2. The lowest BCUT2D eigenvalue weighted by Crippen LogP contribution is -2.42. The monoisotopic (exact) mass is 346 g/mol. The van der Waals surface area contributed by atoms with Gasteiger partial charge in [0.1, 0.15) is 0 Å². The first-order chi connectivity index (χ1) is 10.1. The van der Waals surface area contributed by atoms with E-state index in [1.165, 1.54) is 11.3 Å². The van der Waals surface area contributed by atoms with Crippen LogP contribution in [0.4, 0.5) is 5.82 Å². The molecule has 0 bridgehead atoms. The van der Waals surface area contributed by atoms with Gasteiger partial charge < -0.3 is 5.32 Å². The van der Waals surface area contributed by atoms with Crippen LogP contribution in [0.5, 0.6) is 0 Å². The van der Waals surface area contributed by atoms with E-state index in [0.717, 1.165) is 12.2 Å². The largest absolute Gasteiger partial charge is 0.371 e.